The van der Waals surface area contributed by atoms with Crippen LogP contribution in [0.1, 0.15) is 50.7 Å². The van der Waals surface area contributed by atoms with Crippen LogP contribution >= 0.6 is 0 Å². The van der Waals surface area contributed by atoms with Gasteiger partial charge in [0.15, 0.2) is 0 Å². The molecule has 0 bridgehead atoms. The summed E-state index contributed by atoms with van der Waals surface area (Å²) in [5.74, 6) is 0.963. The molecule has 0 amide bonds. The van der Waals surface area contributed by atoms with E-state index in [1.807, 2.05) is 32.9 Å². The quantitative estimate of drug-likeness (QED) is 0.841. The third-order valence-electron chi connectivity index (χ3n) is 3.18. The zero-order valence-electron chi connectivity index (χ0n) is 11.2. The van der Waals surface area contributed by atoms with Gasteiger partial charge in [-0.05, 0) is 36.5 Å². The Balaban J connectivity index is 2.64. The smallest absolute Gasteiger partial charge is 0.135 e. The Labute approximate surface area is 104 Å². The molecule has 0 saturated carbocycles. The second-order valence-corrected chi connectivity index (χ2v) is 5.12. The minimum absolute atomic E-state index is 0.105. The zero-order chi connectivity index (χ0) is 13.0. The first kappa shape index (κ1) is 13.8. The highest BCUT2D eigenvalue weighted by Gasteiger charge is 2.14. The molecule has 1 aromatic rings. The van der Waals surface area contributed by atoms with E-state index in [2.05, 4.69) is 6.92 Å². The van der Waals surface area contributed by atoms with Crippen LogP contribution in [0.4, 0.5) is 0 Å². The predicted octanol–water partition coefficient (Wildman–Crippen LogP) is 3.81. The molecule has 0 heterocycles. The van der Waals surface area contributed by atoms with E-state index in [1.54, 1.807) is 6.07 Å². The van der Waals surface area contributed by atoms with Gasteiger partial charge < -0.3 is 5.11 Å². The monoisotopic (exact) mass is 234 g/mol. The molecular formula is C15H22O2. The van der Waals surface area contributed by atoms with Crippen molar-refractivity contribution in [2.24, 2.45) is 5.92 Å². The minimum atomic E-state index is 0.105. The molecule has 1 atom stereocenters. The molecular weight excluding hydrogens is 212 g/mol. The molecule has 0 radical (unpaired) electrons. The van der Waals surface area contributed by atoms with E-state index in [4.69, 9.17) is 0 Å². The fourth-order valence-corrected chi connectivity index (χ4v) is 1.87. The summed E-state index contributed by atoms with van der Waals surface area (Å²) in [5, 5.41) is 9.85. The number of rotatable bonds is 5. The summed E-state index contributed by atoms with van der Waals surface area (Å²) in [6.45, 7) is 7.86. The maximum atomic E-state index is 11.6. The average molecular weight is 234 g/mol. The number of benzene rings is 1. The van der Waals surface area contributed by atoms with Crippen molar-refractivity contribution in [2.45, 2.75) is 46.5 Å². The number of aromatic hydroxyl groups is 1. The summed E-state index contributed by atoms with van der Waals surface area (Å²) in [7, 11) is 0. The van der Waals surface area contributed by atoms with Gasteiger partial charge in [0, 0.05) is 12.3 Å². The van der Waals surface area contributed by atoms with Crippen molar-refractivity contribution >= 4 is 5.78 Å². The van der Waals surface area contributed by atoms with Gasteiger partial charge in [-0.3, -0.25) is 4.79 Å². The van der Waals surface area contributed by atoms with Crippen molar-refractivity contribution in [3.63, 3.8) is 0 Å². The SMILES string of the molecule is Cc1ccc([C@H](C)CCC(=O)C(C)C)c(O)c1. The van der Waals surface area contributed by atoms with Gasteiger partial charge >= 0.3 is 0 Å². The van der Waals surface area contributed by atoms with Gasteiger partial charge in [-0.25, -0.2) is 0 Å². The molecule has 0 aromatic heterocycles. The molecule has 0 aliphatic carbocycles. The van der Waals surface area contributed by atoms with Crippen molar-refractivity contribution in [1.29, 1.82) is 0 Å². The number of carbonyl (C=O) groups excluding carboxylic acids is 1. The van der Waals surface area contributed by atoms with Gasteiger partial charge in [0.25, 0.3) is 0 Å². The van der Waals surface area contributed by atoms with Crippen LogP contribution in [0.2, 0.25) is 0 Å². The second-order valence-electron chi connectivity index (χ2n) is 5.12. The first-order valence-electron chi connectivity index (χ1n) is 6.24. The molecule has 17 heavy (non-hydrogen) atoms. The van der Waals surface area contributed by atoms with Crippen LogP contribution < -0.4 is 0 Å². The zero-order valence-corrected chi connectivity index (χ0v) is 11.2. The predicted molar refractivity (Wildman–Crippen MR) is 70.3 cm³/mol. The number of phenols is 1. The van der Waals surface area contributed by atoms with E-state index in [-0.39, 0.29) is 11.8 Å². The Morgan fingerprint density at radius 1 is 1.29 bits per heavy atom. The summed E-state index contributed by atoms with van der Waals surface area (Å²) in [5.41, 5.74) is 1.99. The molecule has 0 saturated heterocycles. The minimum Gasteiger partial charge on any atom is -0.508 e. The van der Waals surface area contributed by atoms with E-state index in [1.165, 1.54) is 0 Å². The van der Waals surface area contributed by atoms with Gasteiger partial charge in [-0.2, -0.15) is 0 Å². The fraction of sp³-hybridized carbons (Fsp3) is 0.533. The topological polar surface area (TPSA) is 37.3 Å². The van der Waals surface area contributed by atoms with E-state index in [0.29, 0.717) is 18.0 Å². The van der Waals surface area contributed by atoms with Crippen LogP contribution in [-0.2, 0) is 4.79 Å². The Morgan fingerprint density at radius 2 is 1.94 bits per heavy atom. The van der Waals surface area contributed by atoms with Crippen molar-refractivity contribution < 1.29 is 9.90 Å². The Hall–Kier alpha value is -1.31. The van der Waals surface area contributed by atoms with E-state index >= 15 is 0 Å². The lowest BCUT2D eigenvalue weighted by Gasteiger charge is -2.14. The van der Waals surface area contributed by atoms with Crippen molar-refractivity contribution in [1.82, 2.24) is 0 Å². The molecule has 0 aliphatic heterocycles. The third kappa shape index (κ3) is 3.88. The maximum Gasteiger partial charge on any atom is 0.135 e. The van der Waals surface area contributed by atoms with Crippen LogP contribution in [0.5, 0.6) is 5.75 Å². The van der Waals surface area contributed by atoms with Gasteiger partial charge in [0.1, 0.15) is 11.5 Å². The molecule has 1 N–H and O–H groups in total. The number of ketones is 1. The summed E-state index contributed by atoms with van der Waals surface area (Å²) in [6.07, 6.45) is 1.39. The van der Waals surface area contributed by atoms with Crippen molar-refractivity contribution in [3.05, 3.63) is 29.3 Å². The molecule has 0 unspecified atom stereocenters. The number of hydrogen-bond acceptors (Lipinski definition) is 2. The molecule has 2 heteroatoms. The van der Waals surface area contributed by atoms with Crippen molar-refractivity contribution in [3.8, 4) is 5.75 Å². The third-order valence-corrected chi connectivity index (χ3v) is 3.18. The second kappa shape index (κ2) is 5.85. The summed E-state index contributed by atoms with van der Waals surface area (Å²) >= 11 is 0. The highest BCUT2D eigenvalue weighted by molar-refractivity contribution is 5.80. The van der Waals surface area contributed by atoms with Crippen molar-refractivity contribution in [2.75, 3.05) is 0 Å². The molecule has 1 aromatic carbocycles. The number of carbonyl (C=O) groups is 1. The molecule has 2 nitrogen and oxygen atoms in total. The maximum absolute atomic E-state index is 11.6. The van der Waals surface area contributed by atoms with Crippen LogP contribution in [0.25, 0.3) is 0 Å². The van der Waals surface area contributed by atoms with E-state index in [0.717, 1.165) is 17.5 Å². The normalized spacial score (nSPS) is 12.8. The first-order valence-corrected chi connectivity index (χ1v) is 6.24. The largest absolute Gasteiger partial charge is 0.508 e. The van der Waals surface area contributed by atoms with Crippen LogP contribution in [0.3, 0.4) is 0 Å². The average Bonchev–Trinajstić information content (AvgIpc) is 2.25. The van der Waals surface area contributed by atoms with Gasteiger partial charge in [0.2, 0.25) is 0 Å². The molecule has 0 aliphatic rings. The van der Waals surface area contributed by atoms with Gasteiger partial charge in [0.05, 0.1) is 0 Å². The lowest BCUT2D eigenvalue weighted by molar-refractivity contribution is -0.122. The summed E-state index contributed by atoms with van der Waals surface area (Å²) in [4.78, 5) is 11.6. The Morgan fingerprint density at radius 3 is 2.47 bits per heavy atom. The lowest BCUT2D eigenvalue weighted by atomic mass is 9.92. The molecule has 94 valence electrons. The highest BCUT2D eigenvalue weighted by atomic mass is 16.3. The van der Waals surface area contributed by atoms with Crippen LogP contribution in [-0.4, -0.2) is 10.9 Å². The highest BCUT2D eigenvalue weighted by Crippen LogP contribution is 2.29. The summed E-state index contributed by atoms with van der Waals surface area (Å²) < 4.78 is 0. The first-order chi connectivity index (χ1) is 7.91. The van der Waals surface area contributed by atoms with Gasteiger partial charge in [-0.15, -0.1) is 0 Å². The summed E-state index contributed by atoms with van der Waals surface area (Å²) in [6, 6.07) is 5.72. The van der Waals surface area contributed by atoms with Crippen LogP contribution in [0.15, 0.2) is 18.2 Å². The standard InChI is InChI=1S/C15H22O2/c1-10(2)14(16)8-6-12(4)13-7-5-11(3)9-15(13)17/h5,7,9-10,12,17H,6,8H2,1-4H3/t12-/m1/s1. The fourth-order valence-electron chi connectivity index (χ4n) is 1.87. The number of aryl methyl sites for hydroxylation is 1. The molecule has 1 rings (SSSR count). The van der Waals surface area contributed by atoms with E-state index < -0.39 is 0 Å². The van der Waals surface area contributed by atoms with Gasteiger partial charge in [-0.1, -0.05) is 32.9 Å². The Kier molecular flexibility index (Phi) is 4.73. The van der Waals surface area contributed by atoms with Crippen LogP contribution in [0, 0.1) is 12.8 Å². The molecule has 0 fully saturated rings. The molecule has 0 spiro atoms. The number of Topliss-reactive ketones (excluding diaryl/α,β-unsaturated/α-hetero) is 1. The lowest BCUT2D eigenvalue weighted by Crippen LogP contribution is -2.08. The van der Waals surface area contributed by atoms with E-state index in [9.17, 15) is 9.90 Å². The number of hydrogen-bond donors (Lipinski definition) is 1. The Bertz CT molecular complexity index is 394. The number of phenolic OH excluding ortho intramolecular Hbond substituents is 1.